The summed E-state index contributed by atoms with van der Waals surface area (Å²) in [5.74, 6) is -0.425. The van der Waals surface area contributed by atoms with Crippen molar-refractivity contribution in [3.63, 3.8) is 0 Å². The van der Waals surface area contributed by atoms with Gasteiger partial charge in [0.25, 0.3) is 5.56 Å². The molecule has 0 radical (unpaired) electrons. The van der Waals surface area contributed by atoms with E-state index in [9.17, 15) is 14.4 Å². The van der Waals surface area contributed by atoms with E-state index in [2.05, 4.69) is 29.7 Å². The van der Waals surface area contributed by atoms with Crippen molar-refractivity contribution in [2.45, 2.75) is 38.0 Å². The molecule has 0 saturated heterocycles. The Kier molecular flexibility index (Phi) is 8.66. The molecule has 2 amide bonds. The summed E-state index contributed by atoms with van der Waals surface area (Å²) in [4.78, 5) is 42.9. The number of thioether (sulfide) groups is 1. The van der Waals surface area contributed by atoms with Crippen LogP contribution in [0.4, 0.5) is 0 Å². The summed E-state index contributed by atoms with van der Waals surface area (Å²) in [6.07, 6.45) is 0.830. The number of hydrogen-bond acceptors (Lipinski definition) is 5. The van der Waals surface area contributed by atoms with E-state index < -0.39 is 6.04 Å². The number of quaternary nitrogens is 1. The Labute approximate surface area is 175 Å². The zero-order chi connectivity index (χ0) is 21.4. The summed E-state index contributed by atoms with van der Waals surface area (Å²) < 4.78 is 1.65. The SMILES string of the molecule is CCNC(=O)[C@H](C)NC(=O)CSc1nc2ccccc2c(=O)n1CCC[NH+](C)C. The van der Waals surface area contributed by atoms with Gasteiger partial charge in [-0.05, 0) is 26.0 Å². The summed E-state index contributed by atoms with van der Waals surface area (Å²) in [5, 5.41) is 6.44. The first kappa shape index (κ1) is 22.9. The Morgan fingerprint density at radius 1 is 1.28 bits per heavy atom. The fourth-order valence-electron chi connectivity index (χ4n) is 2.85. The van der Waals surface area contributed by atoms with Gasteiger partial charge in [0, 0.05) is 19.5 Å². The number of hydrogen-bond donors (Lipinski definition) is 3. The molecule has 0 bridgehead atoms. The van der Waals surface area contributed by atoms with Crippen molar-refractivity contribution in [1.82, 2.24) is 20.2 Å². The first-order chi connectivity index (χ1) is 13.8. The molecule has 2 rings (SSSR count). The second-order valence-corrected chi connectivity index (χ2v) is 8.09. The van der Waals surface area contributed by atoms with Gasteiger partial charge in [0.2, 0.25) is 11.8 Å². The standard InChI is InChI=1S/C20H29N5O3S/c1-5-21-18(27)14(2)22-17(26)13-29-20-23-16-10-7-6-9-15(16)19(28)25(20)12-8-11-24(3)4/h6-7,9-10,14H,5,8,11-13H2,1-4H3,(H,21,27)(H,22,26)/p+1/t14-/m0/s1. The van der Waals surface area contributed by atoms with Crippen molar-refractivity contribution in [2.75, 3.05) is 32.9 Å². The number of carbonyl (C=O) groups is 2. The molecule has 1 aromatic carbocycles. The Morgan fingerprint density at radius 3 is 2.69 bits per heavy atom. The maximum atomic E-state index is 13.0. The fraction of sp³-hybridized carbons (Fsp3) is 0.500. The normalized spacial score (nSPS) is 12.2. The van der Waals surface area contributed by atoms with Gasteiger partial charge in [-0.3, -0.25) is 19.0 Å². The van der Waals surface area contributed by atoms with E-state index in [1.54, 1.807) is 23.6 Å². The molecule has 0 aliphatic rings. The molecule has 2 aromatic rings. The van der Waals surface area contributed by atoms with E-state index in [0.717, 1.165) is 13.0 Å². The first-order valence-electron chi connectivity index (χ1n) is 9.82. The van der Waals surface area contributed by atoms with E-state index in [-0.39, 0.29) is 23.1 Å². The van der Waals surface area contributed by atoms with Crippen molar-refractivity contribution in [2.24, 2.45) is 0 Å². The highest BCUT2D eigenvalue weighted by Gasteiger charge is 2.17. The Balaban J connectivity index is 2.16. The average molecular weight is 421 g/mol. The Bertz CT molecular complexity index is 913. The average Bonchev–Trinajstić information content (AvgIpc) is 2.68. The van der Waals surface area contributed by atoms with Crippen molar-refractivity contribution in [3.05, 3.63) is 34.6 Å². The molecule has 29 heavy (non-hydrogen) atoms. The monoisotopic (exact) mass is 420 g/mol. The lowest BCUT2D eigenvalue weighted by Crippen LogP contribution is -3.05. The van der Waals surface area contributed by atoms with Crippen LogP contribution in [0.2, 0.25) is 0 Å². The molecule has 1 atom stereocenters. The Morgan fingerprint density at radius 2 is 2.00 bits per heavy atom. The maximum Gasteiger partial charge on any atom is 0.262 e. The van der Waals surface area contributed by atoms with Crippen molar-refractivity contribution >= 4 is 34.5 Å². The van der Waals surface area contributed by atoms with Crippen molar-refractivity contribution in [1.29, 1.82) is 0 Å². The highest BCUT2D eigenvalue weighted by Crippen LogP contribution is 2.18. The predicted molar refractivity (Wildman–Crippen MR) is 115 cm³/mol. The number of fused-ring (bicyclic) bond motifs is 1. The number of carbonyl (C=O) groups excluding carboxylic acids is 2. The second-order valence-electron chi connectivity index (χ2n) is 7.15. The number of nitrogens with zero attached hydrogens (tertiary/aromatic N) is 2. The van der Waals surface area contributed by atoms with Crippen LogP contribution in [-0.2, 0) is 16.1 Å². The molecule has 8 nitrogen and oxygen atoms in total. The van der Waals surface area contributed by atoms with Crippen LogP contribution in [0.5, 0.6) is 0 Å². The van der Waals surface area contributed by atoms with Gasteiger partial charge in [0.15, 0.2) is 5.16 Å². The van der Waals surface area contributed by atoms with Gasteiger partial charge in [-0.1, -0.05) is 23.9 Å². The molecule has 0 unspecified atom stereocenters. The number of aromatic nitrogens is 2. The lowest BCUT2D eigenvalue weighted by atomic mass is 10.2. The van der Waals surface area contributed by atoms with Crippen LogP contribution < -0.4 is 21.1 Å². The quantitative estimate of drug-likeness (QED) is 0.361. The summed E-state index contributed by atoms with van der Waals surface area (Å²) in [6, 6.07) is 6.62. The number of amides is 2. The molecule has 158 valence electrons. The maximum absolute atomic E-state index is 13.0. The van der Waals surface area contributed by atoms with E-state index in [1.807, 2.05) is 19.1 Å². The van der Waals surface area contributed by atoms with Crippen molar-refractivity contribution in [3.8, 4) is 0 Å². The molecule has 9 heteroatoms. The van der Waals surface area contributed by atoms with Gasteiger partial charge in [0.1, 0.15) is 6.04 Å². The van der Waals surface area contributed by atoms with E-state index in [0.29, 0.717) is 29.1 Å². The van der Waals surface area contributed by atoms with E-state index >= 15 is 0 Å². The topological polar surface area (TPSA) is 97.5 Å². The molecule has 0 saturated carbocycles. The van der Waals surface area contributed by atoms with Gasteiger partial charge in [-0.15, -0.1) is 0 Å². The molecule has 0 fully saturated rings. The fourth-order valence-corrected chi connectivity index (χ4v) is 3.69. The summed E-state index contributed by atoms with van der Waals surface area (Å²) in [6.45, 7) is 5.44. The number of nitrogens with one attached hydrogen (secondary N) is 3. The Hall–Kier alpha value is -2.39. The van der Waals surface area contributed by atoms with Crippen LogP contribution >= 0.6 is 11.8 Å². The van der Waals surface area contributed by atoms with Crippen LogP contribution in [0.1, 0.15) is 20.3 Å². The van der Waals surface area contributed by atoms with E-state index in [4.69, 9.17) is 0 Å². The van der Waals surface area contributed by atoms with Gasteiger partial charge in [0.05, 0.1) is 37.3 Å². The molecule has 0 spiro atoms. The molecule has 3 N–H and O–H groups in total. The van der Waals surface area contributed by atoms with Crippen LogP contribution in [0.25, 0.3) is 10.9 Å². The lowest BCUT2D eigenvalue weighted by Gasteiger charge is -2.15. The highest BCUT2D eigenvalue weighted by atomic mass is 32.2. The summed E-state index contributed by atoms with van der Waals surface area (Å²) in [5.41, 5.74) is 0.522. The van der Waals surface area contributed by atoms with Crippen LogP contribution in [0, 0.1) is 0 Å². The van der Waals surface area contributed by atoms with Crippen LogP contribution in [0.15, 0.2) is 34.2 Å². The zero-order valence-corrected chi connectivity index (χ0v) is 18.3. The molecule has 1 heterocycles. The molecular weight excluding hydrogens is 390 g/mol. The van der Waals surface area contributed by atoms with E-state index in [1.165, 1.54) is 16.7 Å². The lowest BCUT2D eigenvalue weighted by molar-refractivity contribution is -0.858. The number of para-hydroxylation sites is 1. The highest BCUT2D eigenvalue weighted by molar-refractivity contribution is 7.99. The molecule has 0 aliphatic carbocycles. The first-order valence-corrected chi connectivity index (χ1v) is 10.8. The second kappa shape index (κ2) is 11.0. The summed E-state index contributed by atoms with van der Waals surface area (Å²) in [7, 11) is 4.13. The minimum Gasteiger partial charge on any atom is -0.355 e. The van der Waals surface area contributed by atoms with Gasteiger partial charge >= 0.3 is 0 Å². The molecule has 0 aliphatic heterocycles. The number of benzene rings is 1. The smallest absolute Gasteiger partial charge is 0.262 e. The van der Waals surface area contributed by atoms with Crippen LogP contribution in [-0.4, -0.2) is 60.3 Å². The number of likely N-dealkylation sites (N-methyl/N-ethyl adjacent to an activating group) is 1. The third kappa shape index (κ3) is 6.57. The van der Waals surface area contributed by atoms with Gasteiger partial charge < -0.3 is 15.5 Å². The minimum absolute atomic E-state index is 0.0768. The third-order valence-corrected chi connectivity index (χ3v) is 5.32. The van der Waals surface area contributed by atoms with Gasteiger partial charge in [-0.25, -0.2) is 4.98 Å². The van der Waals surface area contributed by atoms with Crippen LogP contribution in [0.3, 0.4) is 0 Å². The van der Waals surface area contributed by atoms with Gasteiger partial charge in [-0.2, -0.15) is 0 Å². The third-order valence-electron chi connectivity index (χ3n) is 4.34. The largest absolute Gasteiger partial charge is 0.355 e. The molecular formula is C20H30N5O3S+. The van der Waals surface area contributed by atoms with Crippen molar-refractivity contribution < 1.29 is 14.5 Å². The predicted octanol–water partition coefficient (Wildman–Crippen LogP) is -0.336. The summed E-state index contributed by atoms with van der Waals surface area (Å²) >= 11 is 1.21. The number of rotatable bonds is 10. The zero-order valence-electron chi connectivity index (χ0n) is 17.4. The molecule has 1 aromatic heterocycles. The minimum atomic E-state index is -0.613.